The van der Waals surface area contributed by atoms with Crippen LogP contribution in [0.15, 0.2) is 30.9 Å². The van der Waals surface area contributed by atoms with Gasteiger partial charge in [-0.25, -0.2) is 9.97 Å². The van der Waals surface area contributed by atoms with E-state index in [-0.39, 0.29) is 0 Å². The number of likely N-dealkylation sites (tertiary alicyclic amines) is 1. The van der Waals surface area contributed by atoms with Crippen LogP contribution in [0, 0.1) is 0 Å². The molecule has 2 aliphatic heterocycles. The van der Waals surface area contributed by atoms with Crippen molar-refractivity contribution < 1.29 is 13.2 Å². The van der Waals surface area contributed by atoms with Gasteiger partial charge in [-0.3, -0.25) is 9.88 Å². The fourth-order valence-corrected chi connectivity index (χ4v) is 3.85. The van der Waals surface area contributed by atoms with E-state index < -0.39 is 11.9 Å². The second kappa shape index (κ2) is 6.10. The number of fused-ring (bicyclic) bond motifs is 2. The van der Waals surface area contributed by atoms with Crippen LogP contribution in [0.1, 0.15) is 17.7 Å². The summed E-state index contributed by atoms with van der Waals surface area (Å²) in [6.45, 7) is 2.22. The monoisotopic (exact) mass is 369 g/mol. The van der Waals surface area contributed by atoms with Gasteiger partial charge in [-0.2, -0.15) is 13.2 Å². The minimum atomic E-state index is -4.40. The maximum atomic E-state index is 12.6. The van der Waals surface area contributed by atoms with E-state index in [1.807, 2.05) is 0 Å². The summed E-state index contributed by atoms with van der Waals surface area (Å²) in [5, 5.41) is 0.536. The molecule has 132 valence electrons. The molecule has 0 saturated carbocycles. The van der Waals surface area contributed by atoms with Crippen molar-refractivity contribution in [1.29, 1.82) is 0 Å². The zero-order valence-corrected chi connectivity index (χ0v) is 13.9. The van der Waals surface area contributed by atoms with Gasteiger partial charge >= 0.3 is 6.18 Å². The predicted molar refractivity (Wildman–Crippen MR) is 86.2 cm³/mol. The molecule has 2 aromatic heterocycles. The quantitative estimate of drug-likeness (QED) is 0.832. The molecular weight excluding hydrogens is 355 g/mol. The van der Waals surface area contributed by atoms with Crippen molar-refractivity contribution in [2.24, 2.45) is 0 Å². The van der Waals surface area contributed by atoms with E-state index in [0.29, 0.717) is 23.7 Å². The Morgan fingerprint density at radius 1 is 1.12 bits per heavy atom. The molecule has 0 aromatic carbocycles. The average Bonchev–Trinajstić information content (AvgIpc) is 3.15. The van der Waals surface area contributed by atoms with E-state index >= 15 is 0 Å². The Labute approximate surface area is 147 Å². The van der Waals surface area contributed by atoms with Gasteiger partial charge in [0.25, 0.3) is 0 Å². The van der Waals surface area contributed by atoms with E-state index in [1.54, 1.807) is 6.20 Å². The second-order valence-corrected chi connectivity index (χ2v) is 6.78. The molecule has 9 heteroatoms. The molecule has 2 saturated heterocycles. The zero-order chi connectivity index (χ0) is 17.6. The van der Waals surface area contributed by atoms with Crippen molar-refractivity contribution in [2.75, 3.05) is 18.0 Å². The summed E-state index contributed by atoms with van der Waals surface area (Å²) >= 11 is 6.18. The molecule has 4 rings (SSSR count). The van der Waals surface area contributed by atoms with Crippen LogP contribution >= 0.6 is 11.6 Å². The number of alkyl halides is 3. The van der Waals surface area contributed by atoms with Crippen molar-refractivity contribution >= 4 is 17.4 Å². The smallest absolute Gasteiger partial charge is 0.349 e. The molecule has 5 nitrogen and oxygen atoms in total. The first-order chi connectivity index (χ1) is 11.9. The molecule has 0 amide bonds. The number of hydrogen-bond acceptors (Lipinski definition) is 5. The lowest BCUT2D eigenvalue weighted by Gasteiger charge is -2.35. The first-order valence-electron chi connectivity index (χ1n) is 7.90. The molecule has 0 aliphatic carbocycles. The Balaban J connectivity index is 1.42. The maximum absolute atomic E-state index is 12.6. The van der Waals surface area contributed by atoms with Crippen LogP contribution in [0.3, 0.4) is 0 Å². The highest BCUT2D eigenvalue weighted by Gasteiger charge is 2.44. The summed E-state index contributed by atoms with van der Waals surface area (Å²) < 4.78 is 37.8. The normalized spacial score (nSPS) is 23.4. The molecule has 2 fully saturated rings. The highest BCUT2D eigenvalue weighted by molar-refractivity contribution is 6.32. The van der Waals surface area contributed by atoms with Gasteiger partial charge in [-0.05, 0) is 18.1 Å². The molecule has 0 spiro atoms. The van der Waals surface area contributed by atoms with E-state index in [9.17, 15) is 13.2 Å². The molecule has 2 unspecified atom stereocenters. The van der Waals surface area contributed by atoms with Crippen LogP contribution in [0.5, 0.6) is 0 Å². The third-order valence-corrected chi connectivity index (χ3v) is 5.04. The molecule has 2 aliphatic rings. The Morgan fingerprint density at radius 2 is 1.96 bits per heavy atom. The molecule has 0 radical (unpaired) electrons. The molecular formula is C16H15ClF3N5. The number of nitrogens with zero attached hydrogens (tertiary/aromatic N) is 5. The van der Waals surface area contributed by atoms with Crippen LogP contribution in [-0.2, 0) is 12.7 Å². The Bertz CT molecular complexity index is 767. The Hall–Kier alpha value is -1.93. The van der Waals surface area contributed by atoms with Crippen LogP contribution in [0.4, 0.5) is 19.0 Å². The molecule has 25 heavy (non-hydrogen) atoms. The lowest BCUT2D eigenvalue weighted by molar-refractivity contribution is -0.141. The highest BCUT2D eigenvalue weighted by atomic mass is 35.5. The van der Waals surface area contributed by atoms with Gasteiger partial charge < -0.3 is 4.90 Å². The number of piperazine rings is 1. The third kappa shape index (κ3) is 3.16. The Kier molecular flexibility index (Phi) is 4.04. The van der Waals surface area contributed by atoms with Crippen LogP contribution in [0.25, 0.3) is 0 Å². The SMILES string of the molecule is FC(F)(F)c1ccc(CN2CC3CC2CN3c2ncncc2Cl)cn1. The lowest BCUT2D eigenvalue weighted by atomic mass is 10.2. The van der Waals surface area contributed by atoms with E-state index in [0.717, 1.165) is 37.0 Å². The summed E-state index contributed by atoms with van der Waals surface area (Å²) in [5.74, 6) is 0.750. The van der Waals surface area contributed by atoms with E-state index in [4.69, 9.17) is 11.6 Å². The average molecular weight is 370 g/mol. The first-order valence-corrected chi connectivity index (χ1v) is 8.28. The number of pyridine rings is 1. The van der Waals surface area contributed by atoms with Gasteiger partial charge in [0.2, 0.25) is 0 Å². The van der Waals surface area contributed by atoms with Gasteiger partial charge in [0.05, 0.1) is 6.20 Å². The van der Waals surface area contributed by atoms with Gasteiger partial charge in [0.1, 0.15) is 17.0 Å². The maximum Gasteiger partial charge on any atom is 0.433 e. The van der Waals surface area contributed by atoms with Gasteiger partial charge in [-0.1, -0.05) is 17.7 Å². The highest BCUT2D eigenvalue weighted by Crippen LogP contribution is 2.37. The van der Waals surface area contributed by atoms with Gasteiger partial charge in [0.15, 0.2) is 5.82 Å². The topological polar surface area (TPSA) is 45.2 Å². The zero-order valence-electron chi connectivity index (χ0n) is 13.1. The fraction of sp³-hybridized carbons (Fsp3) is 0.438. The Morgan fingerprint density at radius 3 is 2.56 bits per heavy atom. The second-order valence-electron chi connectivity index (χ2n) is 6.37. The van der Waals surface area contributed by atoms with Gasteiger partial charge in [-0.15, -0.1) is 0 Å². The van der Waals surface area contributed by atoms with Crippen LogP contribution < -0.4 is 4.90 Å². The van der Waals surface area contributed by atoms with Crippen molar-refractivity contribution in [3.8, 4) is 0 Å². The molecule has 4 heterocycles. The minimum Gasteiger partial charge on any atom is -0.349 e. The lowest BCUT2D eigenvalue weighted by Crippen LogP contribution is -2.46. The van der Waals surface area contributed by atoms with Crippen molar-refractivity contribution in [1.82, 2.24) is 19.9 Å². The molecule has 2 atom stereocenters. The minimum absolute atomic E-state index is 0.305. The van der Waals surface area contributed by atoms with Gasteiger partial charge in [0, 0.05) is 37.9 Å². The summed E-state index contributed by atoms with van der Waals surface area (Å²) in [5.41, 5.74) is -0.0732. The van der Waals surface area contributed by atoms with Crippen LogP contribution in [-0.4, -0.2) is 45.0 Å². The van der Waals surface area contributed by atoms with E-state index in [1.165, 1.54) is 18.6 Å². The van der Waals surface area contributed by atoms with Crippen molar-refractivity contribution in [3.63, 3.8) is 0 Å². The number of aromatic nitrogens is 3. The standard InChI is InChI=1S/C16H15ClF3N5/c17-13-5-21-9-23-15(13)25-8-11-3-12(25)7-24(11)6-10-1-2-14(22-4-10)16(18,19)20/h1-2,4-5,9,11-12H,3,6-8H2. The third-order valence-electron chi connectivity index (χ3n) is 4.78. The number of halogens is 4. The van der Waals surface area contributed by atoms with Crippen LogP contribution in [0.2, 0.25) is 5.02 Å². The molecule has 0 N–H and O–H groups in total. The summed E-state index contributed by atoms with van der Waals surface area (Å²) in [4.78, 5) is 16.2. The summed E-state index contributed by atoms with van der Waals surface area (Å²) in [6, 6.07) is 3.18. The molecule has 2 bridgehead atoms. The van der Waals surface area contributed by atoms with E-state index in [2.05, 4.69) is 24.8 Å². The van der Waals surface area contributed by atoms with Crippen molar-refractivity contribution in [2.45, 2.75) is 31.2 Å². The van der Waals surface area contributed by atoms with Crippen molar-refractivity contribution in [3.05, 3.63) is 47.1 Å². The number of anilines is 1. The summed E-state index contributed by atoms with van der Waals surface area (Å²) in [6.07, 6.45) is 0.977. The predicted octanol–water partition coefficient (Wildman–Crippen LogP) is 3.01. The largest absolute Gasteiger partial charge is 0.433 e. The first kappa shape index (κ1) is 16.5. The number of hydrogen-bond donors (Lipinski definition) is 0. The summed E-state index contributed by atoms with van der Waals surface area (Å²) in [7, 11) is 0. The number of rotatable bonds is 3. The fourth-order valence-electron chi connectivity index (χ4n) is 3.64. The molecule has 2 aromatic rings.